The van der Waals surface area contributed by atoms with E-state index in [2.05, 4.69) is 0 Å². The molecule has 1 N–H and O–H groups in total. The first-order chi connectivity index (χ1) is 6.29. The Balaban J connectivity index is 2.19. The fourth-order valence-corrected chi connectivity index (χ4v) is 1.95. The van der Waals surface area contributed by atoms with Gasteiger partial charge in [0, 0.05) is 18.3 Å². The molecule has 3 nitrogen and oxygen atoms in total. The summed E-state index contributed by atoms with van der Waals surface area (Å²) in [6.07, 6.45) is 2.34. The molecule has 0 spiro atoms. The summed E-state index contributed by atoms with van der Waals surface area (Å²) in [5.74, 6) is 1.40. The van der Waals surface area contributed by atoms with Crippen LogP contribution in [0.15, 0.2) is 0 Å². The van der Waals surface area contributed by atoms with E-state index >= 15 is 0 Å². The van der Waals surface area contributed by atoms with Crippen LogP contribution >= 0.6 is 11.8 Å². The standard InChI is InChI=1S/C9H17NO2S/c1-2-10(8-3-4-8)9(12)7-13-6-5-11/h8,11H,2-7H2,1H3. The first-order valence-corrected chi connectivity index (χ1v) is 5.93. The summed E-state index contributed by atoms with van der Waals surface area (Å²) in [6.45, 7) is 3.00. The van der Waals surface area contributed by atoms with Gasteiger partial charge in [-0.3, -0.25) is 4.79 Å². The highest BCUT2D eigenvalue weighted by Crippen LogP contribution is 2.26. The number of hydrogen-bond donors (Lipinski definition) is 1. The van der Waals surface area contributed by atoms with Crippen molar-refractivity contribution in [3.63, 3.8) is 0 Å². The van der Waals surface area contributed by atoms with E-state index in [1.807, 2.05) is 11.8 Å². The molecule has 0 aliphatic heterocycles. The minimum absolute atomic E-state index is 0.160. The molecule has 0 aromatic carbocycles. The van der Waals surface area contributed by atoms with Crippen molar-refractivity contribution in [1.82, 2.24) is 4.90 Å². The molecular weight excluding hydrogens is 186 g/mol. The van der Waals surface area contributed by atoms with E-state index in [1.54, 1.807) is 0 Å². The van der Waals surface area contributed by atoms with Crippen LogP contribution in [0.25, 0.3) is 0 Å². The summed E-state index contributed by atoms with van der Waals surface area (Å²) < 4.78 is 0. The largest absolute Gasteiger partial charge is 0.396 e. The SMILES string of the molecule is CCN(C(=O)CSCCO)C1CC1. The van der Waals surface area contributed by atoms with Crippen molar-refractivity contribution in [1.29, 1.82) is 0 Å². The van der Waals surface area contributed by atoms with Gasteiger partial charge in [0.1, 0.15) is 0 Å². The number of hydrogen-bond acceptors (Lipinski definition) is 3. The highest BCUT2D eigenvalue weighted by Gasteiger charge is 2.30. The molecule has 0 saturated heterocycles. The number of thioether (sulfide) groups is 1. The number of carbonyl (C=O) groups excluding carboxylic acids is 1. The zero-order chi connectivity index (χ0) is 9.68. The molecule has 1 saturated carbocycles. The molecule has 1 rings (SSSR count). The Morgan fingerprint density at radius 3 is 2.77 bits per heavy atom. The second kappa shape index (κ2) is 5.50. The third-order valence-corrected chi connectivity index (χ3v) is 3.03. The lowest BCUT2D eigenvalue weighted by molar-refractivity contribution is -0.128. The Morgan fingerprint density at radius 1 is 1.62 bits per heavy atom. The lowest BCUT2D eigenvalue weighted by atomic mass is 10.4. The molecule has 4 heteroatoms. The first kappa shape index (κ1) is 10.9. The average Bonchev–Trinajstić information content (AvgIpc) is 2.90. The lowest BCUT2D eigenvalue weighted by Crippen LogP contribution is -2.34. The van der Waals surface area contributed by atoms with Crippen LogP contribution in [-0.2, 0) is 4.79 Å². The molecule has 1 aliphatic rings. The molecule has 1 fully saturated rings. The van der Waals surface area contributed by atoms with Crippen LogP contribution in [0.1, 0.15) is 19.8 Å². The number of carbonyl (C=O) groups is 1. The van der Waals surface area contributed by atoms with E-state index in [1.165, 1.54) is 24.6 Å². The van der Waals surface area contributed by atoms with E-state index in [4.69, 9.17) is 5.11 Å². The minimum atomic E-state index is 0.160. The van der Waals surface area contributed by atoms with Crippen molar-refractivity contribution < 1.29 is 9.90 Å². The van der Waals surface area contributed by atoms with E-state index in [0.29, 0.717) is 17.5 Å². The molecule has 1 amide bonds. The van der Waals surface area contributed by atoms with E-state index in [-0.39, 0.29) is 12.5 Å². The van der Waals surface area contributed by atoms with Crippen LogP contribution in [0.2, 0.25) is 0 Å². The first-order valence-electron chi connectivity index (χ1n) is 4.77. The van der Waals surface area contributed by atoms with Gasteiger partial charge in [0.25, 0.3) is 0 Å². The fourth-order valence-electron chi connectivity index (χ4n) is 1.33. The predicted octanol–water partition coefficient (Wildman–Crippen LogP) is 0.723. The van der Waals surface area contributed by atoms with Gasteiger partial charge < -0.3 is 10.0 Å². The average molecular weight is 203 g/mol. The van der Waals surface area contributed by atoms with Crippen molar-refractivity contribution in [3.05, 3.63) is 0 Å². The molecule has 0 aromatic heterocycles. The van der Waals surface area contributed by atoms with Gasteiger partial charge in [-0.1, -0.05) is 0 Å². The van der Waals surface area contributed by atoms with Gasteiger partial charge in [-0.2, -0.15) is 0 Å². The molecule has 0 aromatic rings. The minimum Gasteiger partial charge on any atom is -0.396 e. The number of aliphatic hydroxyl groups excluding tert-OH is 1. The van der Waals surface area contributed by atoms with Crippen molar-refractivity contribution in [2.24, 2.45) is 0 Å². The highest BCUT2D eigenvalue weighted by molar-refractivity contribution is 7.99. The van der Waals surface area contributed by atoms with Crippen LogP contribution in [0, 0.1) is 0 Å². The summed E-state index contributed by atoms with van der Waals surface area (Å²) in [5.41, 5.74) is 0. The Bertz CT molecular complexity index is 171. The third kappa shape index (κ3) is 3.56. The molecular formula is C9H17NO2S. The number of nitrogens with zero attached hydrogens (tertiary/aromatic N) is 1. The number of rotatable bonds is 6. The summed E-state index contributed by atoms with van der Waals surface area (Å²) >= 11 is 1.51. The Morgan fingerprint density at radius 2 is 2.31 bits per heavy atom. The van der Waals surface area contributed by atoms with Gasteiger partial charge in [0.15, 0.2) is 0 Å². The fraction of sp³-hybridized carbons (Fsp3) is 0.889. The van der Waals surface area contributed by atoms with Gasteiger partial charge in [0.05, 0.1) is 12.4 Å². The normalized spacial score (nSPS) is 15.8. The maximum atomic E-state index is 11.6. The molecule has 0 heterocycles. The van der Waals surface area contributed by atoms with Gasteiger partial charge >= 0.3 is 0 Å². The molecule has 0 radical (unpaired) electrons. The molecule has 76 valence electrons. The summed E-state index contributed by atoms with van der Waals surface area (Å²) in [6, 6.07) is 0.521. The summed E-state index contributed by atoms with van der Waals surface area (Å²) in [4.78, 5) is 13.5. The second-order valence-corrected chi connectivity index (χ2v) is 4.29. The smallest absolute Gasteiger partial charge is 0.232 e. The Hall–Kier alpha value is -0.220. The predicted molar refractivity (Wildman–Crippen MR) is 54.8 cm³/mol. The number of aliphatic hydroxyl groups is 1. The van der Waals surface area contributed by atoms with Crippen molar-refractivity contribution in [2.75, 3.05) is 24.7 Å². The van der Waals surface area contributed by atoms with Crippen LogP contribution < -0.4 is 0 Å². The van der Waals surface area contributed by atoms with Crippen LogP contribution in [-0.4, -0.2) is 46.6 Å². The summed E-state index contributed by atoms with van der Waals surface area (Å²) in [5, 5.41) is 8.55. The van der Waals surface area contributed by atoms with Gasteiger partial charge in [-0.15, -0.1) is 11.8 Å². The monoisotopic (exact) mass is 203 g/mol. The molecule has 0 atom stereocenters. The van der Waals surface area contributed by atoms with Gasteiger partial charge in [0.2, 0.25) is 5.91 Å². The van der Waals surface area contributed by atoms with Gasteiger partial charge in [-0.05, 0) is 19.8 Å². The third-order valence-electron chi connectivity index (χ3n) is 2.11. The van der Waals surface area contributed by atoms with Crippen LogP contribution in [0.4, 0.5) is 0 Å². The maximum Gasteiger partial charge on any atom is 0.232 e. The van der Waals surface area contributed by atoms with Crippen molar-refractivity contribution >= 4 is 17.7 Å². The van der Waals surface area contributed by atoms with Crippen LogP contribution in [0.3, 0.4) is 0 Å². The van der Waals surface area contributed by atoms with E-state index in [0.717, 1.165) is 6.54 Å². The molecule has 0 unspecified atom stereocenters. The zero-order valence-electron chi connectivity index (χ0n) is 8.03. The topological polar surface area (TPSA) is 40.5 Å². The van der Waals surface area contributed by atoms with Crippen molar-refractivity contribution in [3.8, 4) is 0 Å². The second-order valence-electron chi connectivity index (χ2n) is 3.19. The van der Waals surface area contributed by atoms with Gasteiger partial charge in [-0.25, -0.2) is 0 Å². The molecule has 13 heavy (non-hydrogen) atoms. The van der Waals surface area contributed by atoms with Crippen molar-refractivity contribution in [2.45, 2.75) is 25.8 Å². The van der Waals surface area contributed by atoms with Crippen LogP contribution in [0.5, 0.6) is 0 Å². The quantitative estimate of drug-likeness (QED) is 0.647. The Kier molecular flexibility index (Phi) is 4.59. The Labute approximate surface area is 83.5 Å². The maximum absolute atomic E-state index is 11.6. The summed E-state index contributed by atoms with van der Waals surface area (Å²) in [7, 11) is 0. The van der Waals surface area contributed by atoms with E-state index < -0.39 is 0 Å². The lowest BCUT2D eigenvalue weighted by Gasteiger charge is -2.19. The molecule has 0 bridgehead atoms. The number of amides is 1. The van der Waals surface area contributed by atoms with E-state index in [9.17, 15) is 4.79 Å². The highest BCUT2D eigenvalue weighted by atomic mass is 32.2. The zero-order valence-corrected chi connectivity index (χ0v) is 8.85. The molecule has 1 aliphatic carbocycles.